The Morgan fingerprint density at radius 2 is 1.97 bits per heavy atom. The second kappa shape index (κ2) is 11.0. The maximum atomic E-state index is 11.4. The topological polar surface area (TPSA) is 75.1 Å². The second-order valence-electron chi connectivity index (χ2n) is 11.2. The average molecular weight is 528 g/mol. The lowest BCUT2D eigenvalue weighted by Gasteiger charge is -2.34. The van der Waals surface area contributed by atoms with Crippen LogP contribution in [0.2, 0.25) is 0 Å². The van der Waals surface area contributed by atoms with Gasteiger partial charge in [0.05, 0.1) is 18.2 Å². The van der Waals surface area contributed by atoms with Crippen LogP contribution in [0.3, 0.4) is 0 Å². The Morgan fingerprint density at radius 1 is 1.10 bits per heavy atom. The van der Waals surface area contributed by atoms with Crippen molar-refractivity contribution in [2.75, 3.05) is 37.7 Å². The largest absolute Gasteiger partial charge is 0.488 e. The maximum Gasteiger partial charge on any atom is 0.308 e. The lowest BCUT2D eigenvalue weighted by atomic mass is 9.92. The Balaban J connectivity index is 1.20. The third-order valence-electron chi connectivity index (χ3n) is 8.54. The standard InChI is InChI=1S/C32H37N3O4/c1-21-5-3-6-27(29-7-4-8-30(33-29)35-13-10-25(17-35)32(36)37)31(21)39-19-23-15-22(2)28-18-34(12-9-24(28)16-23)26-11-14-38-20-26/h3-8,15-16,25-26H,9-14,17-20H2,1-2H3,(H,36,37). The Kier molecular flexibility index (Phi) is 7.28. The number of carbonyl (C=O) groups is 1. The predicted octanol–water partition coefficient (Wildman–Crippen LogP) is 5.00. The number of ether oxygens (including phenoxy) is 2. The molecule has 1 aromatic heterocycles. The van der Waals surface area contributed by atoms with Gasteiger partial charge in [0.25, 0.3) is 0 Å². The van der Waals surface area contributed by atoms with E-state index in [0.29, 0.717) is 32.2 Å². The van der Waals surface area contributed by atoms with Gasteiger partial charge in [-0.05, 0) is 79.1 Å². The van der Waals surface area contributed by atoms with Crippen LogP contribution in [0.15, 0.2) is 48.5 Å². The van der Waals surface area contributed by atoms with Gasteiger partial charge in [0, 0.05) is 44.4 Å². The van der Waals surface area contributed by atoms with Gasteiger partial charge in [-0.1, -0.05) is 30.3 Å². The first-order chi connectivity index (χ1) is 19.0. The Labute approximate surface area is 230 Å². The fourth-order valence-electron chi connectivity index (χ4n) is 6.29. The van der Waals surface area contributed by atoms with Crippen LogP contribution >= 0.6 is 0 Å². The van der Waals surface area contributed by atoms with E-state index in [1.54, 1.807) is 0 Å². The summed E-state index contributed by atoms with van der Waals surface area (Å²) in [6.07, 6.45) is 2.84. The molecule has 2 aromatic carbocycles. The SMILES string of the molecule is Cc1cc(COc2c(C)cccc2-c2cccc(N3CCC(C(=O)O)C3)n2)cc2c1CN(C1CCOC1)CC2. The summed E-state index contributed by atoms with van der Waals surface area (Å²) in [6, 6.07) is 17.3. The molecule has 0 radical (unpaired) electrons. The van der Waals surface area contributed by atoms with Gasteiger partial charge < -0.3 is 19.5 Å². The first-order valence-corrected chi connectivity index (χ1v) is 14.1. The van der Waals surface area contributed by atoms with Crippen molar-refractivity contribution in [2.45, 2.75) is 52.3 Å². The van der Waals surface area contributed by atoms with Gasteiger partial charge >= 0.3 is 5.97 Å². The number of pyridine rings is 1. The summed E-state index contributed by atoms with van der Waals surface area (Å²) in [5.74, 6) is 0.580. The molecule has 0 amide bonds. The number of hydrogen-bond donors (Lipinski definition) is 1. The number of rotatable bonds is 7. The van der Waals surface area contributed by atoms with Gasteiger partial charge in [0.1, 0.15) is 18.2 Å². The fraction of sp³-hybridized carbons (Fsp3) is 0.438. The minimum atomic E-state index is -0.735. The number of nitrogens with zero attached hydrogens (tertiary/aromatic N) is 3. The van der Waals surface area contributed by atoms with Gasteiger partial charge in [-0.15, -0.1) is 0 Å². The first kappa shape index (κ1) is 25.8. The lowest BCUT2D eigenvalue weighted by molar-refractivity contribution is -0.140. The molecule has 0 saturated carbocycles. The number of anilines is 1. The van der Waals surface area contributed by atoms with Crippen molar-refractivity contribution in [2.24, 2.45) is 5.92 Å². The molecular weight excluding hydrogens is 490 g/mol. The van der Waals surface area contributed by atoms with Gasteiger partial charge in [-0.2, -0.15) is 0 Å². The zero-order chi connectivity index (χ0) is 26.9. The minimum absolute atomic E-state index is 0.340. The average Bonchev–Trinajstić information content (AvgIpc) is 3.66. The molecule has 7 nitrogen and oxygen atoms in total. The molecule has 1 N–H and O–H groups in total. The zero-order valence-corrected chi connectivity index (χ0v) is 22.9. The predicted molar refractivity (Wildman–Crippen MR) is 151 cm³/mol. The highest BCUT2D eigenvalue weighted by molar-refractivity contribution is 5.73. The summed E-state index contributed by atoms with van der Waals surface area (Å²) >= 11 is 0. The van der Waals surface area contributed by atoms with Crippen molar-refractivity contribution in [3.63, 3.8) is 0 Å². The van der Waals surface area contributed by atoms with Crippen molar-refractivity contribution >= 4 is 11.8 Å². The summed E-state index contributed by atoms with van der Waals surface area (Å²) < 4.78 is 12.1. The van der Waals surface area contributed by atoms with E-state index in [1.807, 2.05) is 24.3 Å². The number of aliphatic carboxylic acids is 1. The Bertz CT molecular complexity index is 1370. The van der Waals surface area contributed by atoms with Gasteiger partial charge in [0.15, 0.2) is 0 Å². The summed E-state index contributed by atoms with van der Waals surface area (Å²) in [5.41, 5.74) is 8.28. The lowest BCUT2D eigenvalue weighted by Crippen LogP contribution is -2.39. The smallest absolute Gasteiger partial charge is 0.308 e. The van der Waals surface area contributed by atoms with Crippen LogP contribution in [0, 0.1) is 19.8 Å². The minimum Gasteiger partial charge on any atom is -0.488 e. The van der Waals surface area contributed by atoms with Crippen molar-refractivity contribution in [3.05, 3.63) is 76.3 Å². The van der Waals surface area contributed by atoms with E-state index in [2.05, 4.69) is 47.9 Å². The molecule has 3 aliphatic rings. The molecular formula is C32H37N3O4. The summed E-state index contributed by atoms with van der Waals surface area (Å²) in [6.45, 7) is 9.81. The van der Waals surface area contributed by atoms with Crippen molar-refractivity contribution < 1.29 is 19.4 Å². The molecule has 39 heavy (non-hydrogen) atoms. The molecule has 2 atom stereocenters. The van der Waals surface area contributed by atoms with Crippen LogP contribution in [0.4, 0.5) is 5.82 Å². The molecule has 3 aromatic rings. The Morgan fingerprint density at radius 3 is 2.77 bits per heavy atom. The van der Waals surface area contributed by atoms with Crippen LogP contribution < -0.4 is 9.64 Å². The summed E-state index contributed by atoms with van der Waals surface area (Å²) in [7, 11) is 0. The Hall–Kier alpha value is -3.42. The molecule has 2 saturated heterocycles. The number of carboxylic acids is 1. The zero-order valence-electron chi connectivity index (χ0n) is 22.9. The second-order valence-corrected chi connectivity index (χ2v) is 11.2. The number of aryl methyl sites for hydroxylation is 2. The van der Waals surface area contributed by atoms with Crippen molar-refractivity contribution in [1.29, 1.82) is 0 Å². The number of hydrogen-bond acceptors (Lipinski definition) is 6. The van der Waals surface area contributed by atoms with Gasteiger partial charge in [-0.3, -0.25) is 9.69 Å². The number of fused-ring (bicyclic) bond motifs is 1. The van der Waals surface area contributed by atoms with Gasteiger partial charge in [-0.25, -0.2) is 4.98 Å². The van der Waals surface area contributed by atoms with E-state index < -0.39 is 5.97 Å². The molecule has 7 heteroatoms. The maximum absolute atomic E-state index is 11.4. The molecule has 0 spiro atoms. The van der Waals surface area contributed by atoms with E-state index in [4.69, 9.17) is 14.5 Å². The molecule has 2 fully saturated rings. The van der Waals surface area contributed by atoms with Crippen LogP contribution in [0.5, 0.6) is 5.75 Å². The molecule has 6 rings (SSSR count). The number of aromatic nitrogens is 1. The molecule has 204 valence electrons. The molecule has 0 bridgehead atoms. The first-order valence-electron chi connectivity index (χ1n) is 14.1. The van der Waals surface area contributed by atoms with Crippen LogP contribution in [-0.2, 0) is 29.1 Å². The highest BCUT2D eigenvalue weighted by Crippen LogP contribution is 2.35. The number of benzene rings is 2. The number of para-hydroxylation sites is 1. The van der Waals surface area contributed by atoms with E-state index in [0.717, 1.165) is 67.5 Å². The molecule has 0 aliphatic carbocycles. The van der Waals surface area contributed by atoms with E-state index in [9.17, 15) is 9.90 Å². The molecule has 4 heterocycles. The molecule has 3 aliphatic heterocycles. The van der Waals surface area contributed by atoms with Crippen LogP contribution in [-0.4, -0.2) is 59.8 Å². The van der Waals surface area contributed by atoms with Crippen LogP contribution in [0.1, 0.15) is 40.7 Å². The molecule has 2 unspecified atom stereocenters. The van der Waals surface area contributed by atoms with Crippen molar-refractivity contribution in [3.8, 4) is 17.0 Å². The fourth-order valence-corrected chi connectivity index (χ4v) is 6.29. The van der Waals surface area contributed by atoms with E-state index in [-0.39, 0.29) is 5.92 Å². The highest BCUT2D eigenvalue weighted by atomic mass is 16.5. The van der Waals surface area contributed by atoms with Crippen molar-refractivity contribution in [1.82, 2.24) is 9.88 Å². The number of carboxylic acid groups (broad SMARTS) is 1. The van der Waals surface area contributed by atoms with E-state index >= 15 is 0 Å². The highest BCUT2D eigenvalue weighted by Gasteiger charge is 2.29. The summed E-state index contributed by atoms with van der Waals surface area (Å²) in [5, 5.41) is 9.40. The monoisotopic (exact) mass is 527 g/mol. The third-order valence-corrected chi connectivity index (χ3v) is 8.54. The van der Waals surface area contributed by atoms with Gasteiger partial charge in [0.2, 0.25) is 0 Å². The van der Waals surface area contributed by atoms with E-state index in [1.165, 1.54) is 22.3 Å². The quantitative estimate of drug-likeness (QED) is 0.463. The third kappa shape index (κ3) is 5.38. The van der Waals surface area contributed by atoms with Crippen LogP contribution in [0.25, 0.3) is 11.3 Å². The summed E-state index contributed by atoms with van der Waals surface area (Å²) in [4.78, 5) is 21.0. The normalized spacial score (nSPS) is 21.2.